The van der Waals surface area contributed by atoms with Gasteiger partial charge in [-0.25, -0.2) is 0 Å². The van der Waals surface area contributed by atoms with E-state index in [0.29, 0.717) is 5.41 Å². The molecule has 25 heavy (non-hydrogen) atoms. The first-order valence-electron chi connectivity index (χ1n) is 11.0. The zero-order chi connectivity index (χ0) is 18.9. The molecule has 0 unspecified atom stereocenters. The number of rotatable bonds is 12. The Morgan fingerprint density at radius 3 is 2.36 bits per heavy atom. The molecule has 0 heteroatoms. The van der Waals surface area contributed by atoms with E-state index < -0.39 is 0 Å². The van der Waals surface area contributed by atoms with Crippen LogP contribution < -0.4 is 0 Å². The summed E-state index contributed by atoms with van der Waals surface area (Å²) in [5, 5.41) is 0. The van der Waals surface area contributed by atoms with Gasteiger partial charge >= 0.3 is 0 Å². The van der Waals surface area contributed by atoms with Gasteiger partial charge in [0.05, 0.1) is 0 Å². The molecule has 0 bridgehead atoms. The van der Waals surface area contributed by atoms with Crippen molar-refractivity contribution in [3.8, 4) is 0 Å². The van der Waals surface area contributed by atoms with Crippen LogP contribution >= 0.6 is 0 Å². The number of hydrogen-bond acceptors (Lipinski definition) is 0. The van der Waals surface area contributed by atoms with Crippen LogP contribution in [-0.4, -0.2) is 0 Å². The first-order chi connectivity index (χ1) is 11.7. The fraction of sp³-hybridized carbons (Fsp3) is 0.840. The Bertz CT molecular complexity index is 400. The number of allylic oxidation sites excluding steroid dienone is 2. The standard InChI is InChI=1S/C25H46/c1-20(2)12-8-9-13-21(3)14-10-15-22(4)17-18-24-23(5)16-11-19-25(24,6)7/h21,23-24H,1,4,8-19H2,2-3,5-7H3/t21-,23-,24-/m1/s1. The Morgan fingerprint density at radius 2 is 1.72 bits per heavy atom. The summed E-state index contributed by atoms with van der Waals surface area (Å²) in [7, 11) is 0. The fourth-order valence-electron chi connectivity index (χ4n) is 4.96. The van der Waals surface area contributed by atoms with Crippen molar-refractivity contribution in [2.75, 3.05) is 0 Å². The molecule has 0 nitrogen and oxygen atoms in total. The highest BCUT2D eigenvalue weighted by atomic mass is 14.4. The second-order valence-electron chi connectivity index (χ2n) is 9.95. The minimum absolute atomic E-state index is 0.538. The van der Waals surface area contributed by atoms with Gasteiger partial charge in [0.1, 0.15) is 0 Å². The topological polar surface area (TPSA) is 0 Å². The summed E-state index contributed by atoms with van der Waals surface area (Å²) in [5.74, 6) is 2.66. The molecule has 0 aromatic heterocycles. The van der Waals surface area contributed by atoms with Gasteiger partial charge in [-0.1, -0.05) is 77.5 Å². The van der Waals surface area contributed by atoms with Gasteiger partial charge in [-0.3, -0.25) is 0 Å². The second-order valence-corrected chi connectivity index (χ2v) is 9.95. The molecule has 1 saturated carbocycles. The van der Waals surface area contributed by atoms with Crippen molar-refractivity contribution in [3.63, 3.8) is 0 Å². The van der Waals surface area contributed by atoms with E-state index in [0.717, 1.165) is 17.8 Å². The first kappa shape index (κ1) is 22.5. The molecule has 146 valence electrons. The van der Waals surface area contributed by atoms with E-state index in [2.05, 4.69) is 47.8 Å². The monoisotopic (exact) mass is 346 g/mol. The average molecular weight is 347 g/mol. The molecular weight excluding hydrogens is 300 g/mol. The quantitative estimate of drug-likeness (QED) is 0.245. The fourth-order valence-corrected chi connectivity index (χ4v) is 4.96. The Morgan fingerprint density at radius 1 is 1.04 bits per heavy atom. The molecule has 0 radical (unpaired) electrons. The lowest BCUT2D eigenvalue weighted by Crippen LogP contribution is -2.33. The van der Waals surface area contributed by atoms with Gasteiger partial charge in [0.25, 0.3) is 0 Å². The minimum Gasteiger partial charge on any atom is -0.100 e. The van der Waals surface area contributed by atoms with Crippen molar-refractivity contribution >= 4 is 0 Å². The lowest BCUT2D eigenvalue weighted by Gasteiger charge is -2.43. The van der Waals surface area contributed by atoms with E-state index in [1.807, 2.05) is 0 Å². The lowest BCUT2D eigenvalue weighted by atomic mass is 9.62. The van der Waals surface area contributed by atoms with E-state index in [4.69, 9.17) is 0 Å². The van der Waals surface area contributed by atoms with Gasteiger partial charge in [-0.15, -0.1) is 6.58 Å². The molecule has 0 amide bonds. The molecule has 0 N–H and O–H groups in total. The third-order valence-corrected chi connectivity index (χ3v) is 6.76. The van der Waals surface area contributed by atoms with Crippen LogP contribution in [0.1, 0.15) is 112 Å². The lowest BCUT2D eigenvalue weighted by molar-refractivity contribution is 0.0765. The van der Waals surface area contributed by atoms with E-state index in [9.17, 15) is 0 Å². The minimum atomic E-state index is 0.538. The summed E-state index contributed by atoms with van der Waals surface area (Å²) in [6.45, 7) is 20.4. The molecule has 0 aromatic carbocycles. The predicted octanol–water partition coefficient (Wildman–Crippen LogP) is 8.73. The van der Waals surface area contributed by atoms with Crippen molar-refractivity contribution < 1.29 is 0 Å². The Kier molecular flexibility index (Phi) is 10.1. The third kappa shape index (κ3) is 9.11. The van der Waals surface area contributed by atoms with Gasteiger partial charge in [0.15, 0.2) is 0 Å². The highest BCUT2D eigenvalue weighted by Gasteiger charge is 2.36. The predicted molar refractivity (Wildman–Crippen MR) is 115 cm³/mol. The Hall–Kier alpha value is -0.520. The van der Waals surface area contributed by atoms with E-state index in [1.54, 1.807) is 0 Å². The highest BCUT2D eigenvalue weighted by molar-refractivity contribution is 4.97. The van der Waals surface area contributed by atoms with Crippen molar-refractivity contribution in [1.29, 1.82) is 0 Å². The summed E-state index contributed by atoms with van der Waals surface area (Å²) in [6.07, 6.45) is 16.1. The van der Waals surface area contributed by atoms with Crippen molar-refractivity contribution in [1.82, 2.24) is 0 Å². The normalized spacial score (nSPS) is 24.0. The molecule has 0 saturated heterocycles. The molecule has 1 fully saturated rings. The van der Waals surface area contributed by atoms with Gasteiger partial charge in [-0.05, 0) is 75.0 Å². The maximum atomic E-state index is 4.39. The average Bonchev–Trinajstić information content (AvgIpc) is 2.50. The maximum absolute atomic E-state index is 4.39. The zero-order valence-electron chi connectivity index (χ0n) is 18.1. The third-order valence-electron chi connectivity index (χ3n) is 6.76. The van der Waals surface area contributed by atoms with E-state index >= 15 is 0 Å². The summed E-state index contributed by atoms with van der Waals surface area (Å²) in [5.41, 5.74) is 3.37. The summed E-state index contributed by atoms with van der Waals surface area (Å²) >= 11 is 0. The molecule has 3 atom stereocenters. The van der Waals surface area contributed by atoms with Crippen LogP contribution in [0, 0.1) is 23.2 Å². The van der Waals surface area contributed by atoms with E-state index in [1.165, 1.54) is 88.2 Å². The Balaban J connectivity index is 2.15. The van der Waals surface area contributed by atoms with E-state index in [-0.39, 0.29) is 0 Å². The first-order valence-corrected chi connectivity index (χ1v) is 11.0. The van der Waals surface area contributed by atoms with Crippen LogP contribution in [0.4, 0.5) is 0 Å². The zero-order valence-corrected chi connectivity index (χ0v) is 18.1. The number of hydrogen-bond donors (Lipinski definition) is 0. The van der Waals surface area contributed by atoms with Gasteiger partial charge in [-0.2, -0.15) is 0 Å². The van der Waals surface area contributed by atoms with Gasteiger partial charge in [0, 0.05) is 0 Å². The largest absolute Gasteiger partial charge is 0.100 e. The molecule has 0 aromatic rings. The van der Waals surface area contributed by atoms with Crippen LogP contribution in [0.25, 0.3) is 0 Å². The molecule has 1 aliphatic carbocycles. The smallest absolute Gasteiger partial charge is 0.0320 e. The van der Waals surface area contributed by atoms with Crippen molar-refractivity contribution in [2.24, 2.45) is 23.2 Å². The highest BCUT2D eigenvalue weighted by Crippen LogP contribution is 2.46. The second kappa shape index (κ2) is 11.2. The summed E-state index contributed by atoms with van der Waals surface area (Å²) < 4.78 is 0. The van der Waals surface area contributed by atoms with Gasteiger partial charge < -0.3 is 0 Å². The van der Waals surface area contributed by atoms with Crippen LogP contribution in [0.15, 0.2) is 24.3 Å². The summed E-state index contributed by atoms with van der Waals surface area (Å²) in [4.78, 5) is 0. The molecular formula is C25H46. The molecule has 1 rings (SSSR count). The van der Waals surface area contributed by atoms with Crippen LogP contribution in [0.5, 0.6) is 0 Å². The van der Waals surface area contributed by atoms with Crippen molar-refractivity contribution in [3.05, 3.63) is 24.3 Å². The molecule has 0 spiro atoms. The molecule has 0 aliphatic heterocycles. The molecule has 0 heterocycles. The Labute approximate surface area is 159 Å². The van der Waals surface area contributed by atoms with Gasteiger partial charge in [0.2, 0.25) is 0 Å². The van der Waals surface area contributed by atoms with Crippen LogP contribution in [0.2, 0.25) is 0 Å². The van der Waals surface area contributed by atoms with Crippen LogP contribution in [-0.2, 0) is 0 Å². The van der Waals surface area contributed by atoms with Crippen molar-refractivity contribution in [2.45, 2.75) is 112 Å². The number of unbranched alkanes of at least 4 members (excludes halogenated alkanes) is 1. The maximum Gasteiger partial charge on any atom is -0.0320 e. The molecule has 1 aliphatic rings. The summed E-state index contributed by atoms with van der Waals surface area (Å²) in [6, 6.07) is 0. The SMILES string of the molecule is C=C(C)CCCC[C@@H](C)CCCC(=C)CC[C@@H]1[C@H](C)CCCC1(C)C. The van der Waals surface area contributed by atoms with Crippen LogP contribution in [0.3, 0.4) is 0 Å².